The number of piperazine rings is 1. The summed E-state index contributed by atoms with van der Waals surface area (Å²) in [6.45, 7) is 5.14. The number of halogens is 1. The third kappa shape index (κ3) is 4.93. The Kier molecular flexibility index (Phi) is 6.90. The molecule has 2 saturated heterocycles. The van der Waals surface area contributed by atoms with Gasteiger partial charge in [-0.2, -0.15) is 0 Å². The fourth-order valence-corrected chi connectivity index (χ4v) is 5.52. The van der Waals surface area contributed by atoms with Crippen LogP contribution in [-0.4, -0.2) is 75.9 Å². The summed E-state index contributed by atoms with van der Waals surface area (Å²) in [5, 5.41) is 4.06. The third-order valence-electron chi connectivity index (χ3n) is 7.32. The van der Waals surface area contributed by atoms with Gasteiger partial charge in [0.2, 0.25) is 5.91 Å². The summed E-state index contributed by atoms with van der Waals surface area (Å²) in [7, 11) is 0. The summed E-state index contributed by atoms with van der Waals surface area (Å²) >= 11 is 6.42. The second-order valence-electron chi connectivity index (χ2n) is 9.65. The molecule has 38 heavy (non-hydrogen) atoms. The van der Waals surface area contributed by atoms with Crippen LogP contribution >= 0.6 is 11.6 Å². The van der Waals surface area contributed by atoms with Gasteiger partial charge >= 0.3 is 0 Å². The van der Waals surface area contributed by atoms with Crippen LogP contribution in [0.15, 0.2) is 83.6 Å². The molecule has 3 aliphatic rings. The number of carbonyl (C=O) groups is 1. The van der Waals surface area contributed by atoms with Crippen molar-refractivity contribution in [3.05, 3.63) is 83.6 Å². The molecular weight excluding hydrogens is 498 g/mol. The molecule has 1 N–H and O–H groups in total. The predicted octanol–water partition coefficient (Wildman–Crippen LogP) is 4.28. The first-order chi connectivity index (χ1) is 18.7. The largest absolute Gasteiger partial charge is 0.372 e. The molecule has 194 valence electrons. The van der Waals surface area contributed by atoms with Crippen molar-refractivity contribution < 1.29 is 4.79 Å². The molecule has 4 heterocycles. The van der Waals surface area contributed by atoms with Gasteiger partial charge in [0.1, 0.15) is 11.5 Å². The number of fused-ring (bicyclic) bond motifs is 1. The van der Waals surface area contributed by atoms with E-state index in [2.05, 4.69) is 50.1 Å². The number of nitrogens with zero attached hydrogens (tertiary/aromatic N) is 6. The highest BCUT2D eigenvalue weighted by molar-refractivity contribution is 6.31. The molecule has 3 aromatic rings. The van der Waals surface area contributed by atoms with Crippen LogP contribution in [0.2, 0.25) is 0 Å². The van der Waals surface area contributed by atoms with Gasteiger partial charge in [-0.1, -0.05) is 29.8 Å². The van der Waals surface area contributed by atoms with Gasteiger partial charge in [0, 0.05) is 69.0 Å². The molecule has 0 radical (unpaired) electrons. The topological polar surface area (TPSA) is 69.0 Å². The summed E-state index contributed by atoms with van der Waals surface area (Å²) in [5.74, 6) is 0.852. The highest BCUT2D eigenvalue weighted by Crippen LogP contribution is 2.31. The maximum Gasteiger partial charge on any atom is 0.242 e. The van der Waals surface area contributed by atoms with Crippen molar-refractivity contribution >= 4 is 34.7 Å². The number of rotatable bonds is 6. The fraction of sp³-hybridized carbons (Fsp3) is 0.310. The first kappa shape index (κ1) is 24.3. The van der Waals surface area contributed by atoms with E-state index in [4.69, 9.17) is 16.6 Å². The Bertz CT molecular complexity index is 1450. The molecule has 0 unspecified atom stereocenters. The van der Waals surface area contributed by atoms with E-state index in [9.17, 15) is 4.79 Å². The molecule has 0 spiro atoms. The molecule has 8 nitrogen and oxygen atoms in total. The number of benzene rings is 1. The molecular formula is C29H30ClN7O. The monoisotopic (exact) mass is 527 g/mol. The Morgan fingerprint density at radius 2 is 1.82 bits per heavy atom. The number of aromatic nitrogens is 3. The number of hydrogen-bond acceptors (Lipinski definition) is 6. The molecule has 0 atom stereocenters. The van der Waals surface area contributed by atoms with Crippen molar-refractivity contribution in [2.24, 2.45) is 0 Å². The summed E-state index contributed by atoms with van der Waals surface area (Å²) in [4.78, 5) is 28.8. The first-order valence-corrected chi connectivity index (χ1v) is 13.5. The third-order valence-corrected chi connectivity index (χ3v) is 7.63. The van der Waals surface area contributed by atoms with E-state index in [0.29, 0.717) is 18.1 Å². The molecule has 2 fully saturated rings. The number of carbonyl (C=O) groups excluding carboxylic acids is 1. The summed E-state index contributed by atoms with van der Waals surface area (Å²) in [5.41, 5.74) is 7.79. The minimum absolute atomic E-state index is 0.0574. The summed E-state index contributed by atoms with van der Waals surface area (Å²) < 4.78 is 1.95. The maximum atomic E-state index is 13.2. The average molecular weight is 528 g/mol. The second kappa shape index (κ2) is 10.8. The Morgan fingerprint density at radius 1 is 1.03 bits per heavy atom. The first-order valence-electron chi connectivity index (χ1n) is 13.1. The highest BCUT2D eigenvalue weighted by atomic mass is 35.5. The molecule has 0 bridgehead atoms. The van der Waals surface area contributed by atoms with E-state index in [-0.39, 0.29) is 12.5 Å². The lowest BCUT2D eigenvalue weighted by atomic mass is 10.1. The van der Waals surface area contributed by atoms with Crippen molar-refractivity contribution in [2.75, 3.05) is 56.0 Å². The van der Waals surface area contributed by atoms with Crippen molar-refractivity contribution in [3.63, 3.8) is 0 Å². The Labute approximate surface area is 227 Å². The van der Waals surface area contributed by atoms with Gasteiger partial charge in [0.25, 0.3) is 0 Å². The fourth-order valence-electron chi connectivity index (χ4n) is 5.28. The Hall–Kier alpha value is -4.00. The number of allylic oxidation sites excluding steroid dienone is 4. The summed E-state index contributed by atoms with van der Waals surface area (Å²) in [6, 6.07) is 8.55. The van der Waals surface area contributed by atoms with Crippen LogP contribution in [-0.2, 0) is 4.79 Å². The van der Waals surface area contributed by atoms with Gasteiger partial charge in [-0.05, 0) is 37.1 Å². The van der Waals surface area contributed by atoms with Crippen molar-refractivity contribution in [3.8, 4) is 11.3 Å². The van der Waals surface area contributed by atoms with Gasteiger partial charge in [-0.3, -0.25) is 14.2 Å². The average Bonchev–Trinajstić information content (AvgIpc) is 3.57. The van der Waals surface area contributed by atoms with Crippen LogP contribution in [0.5, 0.6) is 0 Å². The van der Waals surface area contributed by atoms with Crippen LogP contribution < -0.4 is 10.2 Å². The number of anilines is 2. The molecule has 2 aliphatic heterocycles. The molecule has 1 amide bonds. The zero-order chi connectivity index (χ0) is 25.9. The van der Waals surface area contributed by atoms with E-state index in [1.165, 1.54) is 18.5 Å². The van der Waals surface area contributed by atoms with E-state index >= 15 is 0 Å². The standard InChI is InChI=1S/C29H30ClN7O/c30-24-6-2-1-3-7-25(24)35-16-18-36(19-17-35)27(38)21-32-29-28(33-26-20-31-12-15-37(26)29)22-8-10-23(11-9-22)34-13-4-5-14-34/h1,3,6-12,15,20,32H,4-5,13-14,16-19,21H2. The molecule has 1 aliphatic carbocycles. The second-order valence-corrected chi connectivity index (χ2v) is 10.1. The normalized spacial score (nSPS) is 17.6. The maximum absolute atomic E-state index is 13.2. The van der Waals surface area contributed by atoms with Gasteiger partial charge < -0.3 is 20.0 Å². The molecule has 2 aromatic heterocycles. The van der Waals surface area contributed by atoms with Crippen LogP contribution in [0.1, 0.15) is 12.8 Å². The van der Waals surface area contributed by atoms with Crippen molar-refractivity contribution in [2.45, 2.75) is 12.8 Å². The van der Waals surface area contributed by atoms with Crippen molar-refractivity contribution in [1.29, 1.82) is 0 Å². The molecule has 9 heteroatoms. The smallest absolute Gasteiger partial charge is 0.242 e. The zero-order valence-electron chi connectivity index (χ0n) is 21.2. The Morgan fingerprint density at radius 3 is 2.61 bits per heavy atom. The van der Waals surface area contributed by atoms with Gasteiger partial charge in [0.15, 0.2) is 5.65 Å². The quantitative estimate of drug-likeness (QED) is 0.482. The summed E-state index contributed by atoms with van der Waals surface area (Å²) in [6.07, 6.45) is 15.4. The number of hydrogen-bond donors (Lipinski definition) is 1. The van der Waals surface area contributed by atoms with Gasteiger partial charge in [-0.25, -0.2) is 4.98 Å². The lowest BCUT2D eigenvalue weighted by molar-refractivity contribution is -0.130. The lowest BCUT2D eigenvalue weighted by Gasteiger charge is -2.37. The lowest BCUT2D eigenvalue weighted by Crippen LogP contribution is -2.49. The number of imidazole rings is 1. The van der Waals surface area contributed by atoms with Crippen LogP contribution in [0.3, 0.4) is 0 Å². The number of amides is 1. The van der Waals surface area contributed by atoms with Gasteiger partial charge in [-0.15, -0.1) is 5.73 Å². The van der Waals surface area contributed by atoms with E-state index < -0.39 is 0 Å². The van der Waals surface area contributed by atoms with E-state index in [0.717, 1.165) is 54.6 Å². The highest BCUT2D eigenvalue weighted by Gasteiger charge is 2.24. The SMILES string of the molecule is O=C(CNc1c(-c2ccc(N3CCCC3)cc2)nc2cnccn12)N1CCN(C2=C(Cl)C=C=CC=C2)CC1. The van der Waals surface area contributed by atoms with E-state index in [1.54, 1.807) is 18.5 Å². The molecule has 0 saturated carbocycles. The minimum atomic E-state index is 0.0574. The van der Waals surface area contributed by atoms with Crippen molar-refractivity contribution in [1.82, 2.24) is 24.2 Å². The zero-order valence-corrected chi connectivity index (χ0v) is 21.9. The Balaban J connectivity index is 1.15. The van der Waals surface area contributed by atoms with Crippen LogP contribution in [0.25, 0.3) is 16.9 Å². The molecule has 1 aromatic carbocycles. The van der Waals surface area contributed by atoms with Crippen LogP contribution in [0.4, 0.5) is 11.5 Å². The molecule has 6 rings (SSSR count). The van der Waals surface area contributed by atoms with Crippen LogP contribution in [0, 0.1) is 0 Å². The predicted molar refractivity (Wildman–Crippen MR) is 151 cm³/mol. The van der Waals surface area contributed by atoms with Gasteiger partial charge in [0.05, 0.1) is 23.5 Å². The number of nitrogens with one attached hydrogen (secondary N) is 1. The van der Waals surface area contributed by atoms with E-state index in [1.807, 2.05) is 33.7 Å². The minimum Gasteiger partial charge on any atom is -0.372 e.